The zero-order valence-electron chi connectivity index (χ0n) is 24.0. The van der Waals surface area contributed by atoms with E-state index in [-0.39, 0.29) is 12.0 Å². The smallest absolute Gasteiger partial charge is 0.332 e. The predicted octanol–water partition coefficient (Wildman–Crippen LogP) is 6.76. The lowest BCUT2D eigenvalue weighted by Gasteiger charge is -2.23. The van der Waals surface area contributed by atoms with Crippen LogP contribution in [0.1, 0.15) is 75.6 Å². The molecule has 0 aromatic carbocycles. The summed E-state index contributed by atoms with van der Waals surface area (Å²) in [6.45, 7) is 3.68. The van der Waals surface area contributed by atoms with Crippen molar-refractivity contribution >= 4 is 17.8 Å². The van der Waals surface area contributed by atoms with E-state index in [1.54, 1.807) is 19.1 Å². The van der Waals surface area contributed by atoms with Crippen molar-refractivity contribution in [2.45, 2.75) is 77.4 Å². The molecule has 2 atom stereocenters. The highest BCUT2D eigenvalue weighted by Crippen LogP contribution is 2.07. The van der Waals surface area contributed by atoms with Gasteiger partial charge in [0.1, 0.15) is 6.10 Å². The Morgan fingerprint density at radius 1 is 0.850 bits per heavy atom. The number of esters is 2. The molecule has 0 aliphatic heterocycles. The number of nitrogens with one attached hydrogen (secondary N) is 1. The van der Waals surface area contributed by atoms with Crippen molar-refractivity contribution in [1.29, 1.82) is 0 Å². The third kappa shape index (κ3) is 16.8. The Morgan fingerprint density at radius 3 is 1.85 bits per heavy atom. The molecule has 0 aliphatic rings. The highest BCUT2D eigenvalue weighted by molar-refractivity contribution is 5.96. The van der Waals surface area contributed by atoms with Crippen molar-refractivity contribution in [2.24, 2.45) is 0 Å². The van der Waals surface area contributed by atoms with Crippen molar-refractivity contribution in [3.8, 4) is 0 Å². The summed E-state index contributed by atoms with van der Waals surface area (Å²) < 4.78 is 10.1. The van der Waals surface area contributed by atoms with E-state index in [1.165, 1.54) is 19.5 Å². The molecular weight excluding hydrogens is 504 g/mol. The Labute approximate surface area is 239 Å². The van der Waals surface area contributed by atoms with Crippen LogP contribution in [0.15, 0.2) is 97.4 Å². The molecule has 1 aromatic heterocycles. The molecule has 0 fully saturated rings. The van der Waals surface area contributed by atoms with Crippen molar-refractivity contribution in [3.63, 3.8) is 0 Å². The van der Waals surface area contributed by atoms with Gasteiger partial charge in [-0.25, -0.2) is 4.79 Å². The largest absolute Gasteiger partial charge is 0.467 e. The van der Waals surface area contributed by atoms with E-state index in [9.17, 15) is 14.4 Å². The average molecular weight is 549 g/mol. The number of hydrogen-bond acceptors (Lipinski definition) is 6. The fourth-order valence-corrected chi connectivity index (χ4v) is 3.39. The maximum atomic E-state index is 12.4. The highest BCUT2D eigenvalue weighted by atomic mass is 16.6. The lowest BCUT2D eigenvalue weighted by Crippen LogP contribution is -2.49. The number of pyridine rings is 1. The monoisotopic (exact) mass is 548 g/mol. The van der Waals surface area contributed by atoms with Gasteiger partial charge in [0.15, 0.2) is 6.04 Å². The molecular formula is C33H44N2O5. The first-order valence-corrected chi connectivity index (χ1v) is 13.9. The van der Waals surface area contributed by atoms with E-state index in [4.69, 9.17) is 9.47 Å². The molecule has 1 amide bonds. The number of hydrogen-bond donors (Lipinski definition) is 1. The summed E-state index contributed by atoms with van der Waals surface area (Å²) in [7, 11) is 1.21. The molecule has 0 radical (unpaired) electrons. The Morgan fingerprint density at radius 2 is 1.38 bits per heavy atom. The summed E-state index contributed by atoms with van der Waals surface area (Å²) >= 11 is 0. The zero-order valence-corrected chi connectivity index (χ0v) is 24.0. The SMILES string of the molecule is CC/C=C\C/C=C\C/C=C\C/C=C\C/C=C\C/C=C\CCC(=O)OC(C)C(NC(=O)c1cccnc1)C(=O)OC. The van der Waals surface area contributed by atoms with Gasteiger partial charge >= 0.3 is 11.9 Å². The number of aromatic nitrogens is 1. The number of methoxy groups -OCH3 is 1. The quantitative estimate of drug-likeness (QED) is 0.152. The second-order valence-corrected chi connectivity index (χ2v) is 8.86. The van der Waals surface area contributed by atoms with Crippen LogP contribution in [0.2, 0.25) is 0 Å². The number of carbonyl (C=O) groups excluding carboxylic acids is 3. The van der Waals surface area contributed by atoms with Crippen LogP contribution in [0.4, 0.5) is 0 Å². The molecule has 2 unspecified atom stereocenters. The van der Waals surface area contributed by atoms with Crippen LogP contribution < -0.4 is 5.32 Å². The average Bonchev–Trinajstić information content (AvgIpc) is 2.96. The predicted molar refractivity (Wildman–Crippen MR) is 161 cm³/mol. The molecule has 0 spiro atoms. The van der Waals surface area contributed by atoms with Crippen molar-refractivity contribution in [2.75, 3.05) is 7.11 Å². The van der Waals surface area contributed by atoms with Crippen LogP contribution in [0, 0.1) is 0 Å². The number of nitrogens with zero attached hydrogens (tertiary/aromatic N) is 1. The van der Waals surface area contributed by atoms with Gasteiger partial charge in [0.05, 0.1) is 12.7 Å². The van der Waals surface area contributed by atoms with Gasteiger partial charge in [0.25, 0.3) is 5.91 Å². The first kappa shape index (κ1) is 34.0. The molecule has 1 heterocycles. The van der Waals surface area contributed by atoms with E-state index in [1.807, 2.05) is 12.2 Å². The van der Waals surface area contributed by atoms with Gasteiger partial charge in [-0.15, -0.1) is 0 Å². The van der Waals surface area contributed by atoms with Crippen LogP contribution >= 0.6 is 0 Å². The Bertz CT molecular complexity index is 1040. The number of rotatable bonds is 19. The summed E-state index contributed by atoms with van der Waals surface area (Å²) in [6, 6.07) is 2.05. The number of amides is 1. The van der Waals surface area contributed by atoms with E-state index in [0.29, 0.717) is 6.42 Å². The molecule has 7 heteroatoms. The normalized spacial score (nSPS) is 13.7. The molecule has 216 valence electrons. The molecule has 1 rings (SSSR count). The second kappa shape index (κ2) is 22.9. The minimum absolute atomic E-state index is 0.164. The standard InChI is InChI=1S/C33H44N2O5/c1-4-5-6-7-8-9-10-11-12-13-14-15-16-17-18-19-20-21-22-25-30(36)40-28(2)31(33(38)39-3)35-32(37)29-24-23-26-34-27-29/h5-6,8-9,11-12,14-15,17-18,20-21,23-24,26-28,31H,4,7,10,13,16,19,22,25H2,1-3H3,(H,35,37)/b6-5-,9-8-,12-11-,15-14-,18-17-,21-20-. The fourth-order valence-electron chi connectivity index (χ4n) is 3.39. The van der Waals surface area contributed by atoms with Gasteiger partial charge < -0.3 is 14.8 Å². The summed E-state index contributed by atoms with van der Waals surface area (Å²) in [6.07, 6.45) is 33.9. The Hall–Kier alpha value is -4.00. The minimum Gasteiger partial charge on any atom is -0.467 e. The van der Waals surface area contributed by atoms with Gasteiger partial charge in [-0.2, -0.15) is 0 Å². The van der Waals surface area contributed by atoms with Gasteiger partial charge in [-0.05, 0) is 64.0 Å². The van der Waals surface area contributed by atoms with Crippen molar-refractivity contribution < 1.29 is 23.9 Å². The van der Waals surface area contributed by atoms with Crippen molar-refractivity contribution in [3.05, 3.63) is 103 Å². The Kier molecular flexibility index (Phi) is 19.5. The third-order valence-corrected chi connectivity index (χ3v) is 5.56. The molecule has 0 bridgehead atoms. The molecule has 0 saturated carbocycles. The first-order valence-electron chi connectivity index (χ1n) is 13.9. The number of ether oxygens (including phenoxy) is 2. The van der Waals surface area contributed by atoms with Gasteiger partial charge in [0.2, 0.25) is 0 Å². The Balaban J connectivity index is 2.24. The molecule has 0 saturated heterocycles. The van der Waals surface area contributed by atoms with E-state index in [0.717, 1.165) is 38.5 Å². The van der Waals surface area contributed by atoms with E-state index < -0.39 is 30.0 Å². The van der Waals surface area contributed by atoms with E-state index >= 15 is 0 Å². The summed E-state index contributed by atoms with van der Waals surface area (Å²) in [5, 5.41) is 2.55. The van der Waals surface area contributed by atoms with Crippen LogP contribution in [-0.4, -0.2) is 42.1 Å². The fraction of sp³-hybridized carbons (Fsp3) is 0.394. The topological polar surface area (TPSA) is 94.6 Å². The first-order chi connectivity index (χ1) is 19.5. The summed E-state index contributed by atoms with van der Waals surface area (Å²) in [5.41, 5.74) is 0.285. The lowest BCUT2D eigenvalue weighted by molar-refractivity contribution is -0.155. The number of allylic oxidation sites excluding steroid dienone is 12. The van der Waals surface area contributed by atoms with Crippen LogP contribution in [0.5, 0.6) is 0 Å². The third-order valence-electron chi connectivity index (χ3n) is 5.56. The number of carbonyl (C=O) groups is 3. The second-order valence-electron chi connectivity index (χ2n) is 8.86. The maximum Gasteiger partial charge on any atom is 0.332 e. The van der Waals surface area contributed by atoms with Crippen LogP contribution in [0.3, 0.4) is 0 Å². The van der Waals surface area contributed by atoms with Gasteiger partial charge in [-0.3, -0.25) is 14.6 Å². The van der Waals surface area contributed by atoms with Crippen LogP contribution in [-0.2, 0) is 19.1 Å². The molecule has 7 nitrogen and oxygen atoms in total. The van der Waals surface area contributed by atoms with Crippen LogP contribution in [0.25, 0.3) is 0 Å². The van der Waals surface area contributed by atoms with E-state index in [2.05, 4.69) is 78.0 Å². The maximum absolute atomic E-state index is 12.4. The highest BCUT2D eigenvalue weighted by Gasteiger charge is 2.30. The van der Waals surface area contributed by atoms with Gasteiger partial charge in [0, 0.05) is 18.8 Å². The van der Waals surface area contributed by atoms with Gasteiger partial charge in [-0.1, -0.05) is 79.8 Å². The summed E-state index contributed by atoms with van der Waals surface area (Å²) in [4.78, 5) is 40.7. The minimum atomic E-state index is -1.13. The molecule has 40 heavy (non-hydrogen) atoms. The zero-order chi connectivity index (χ0) is 29.3. The van der Waals surface area contributed by atoms with Crippen molar-refractivity contribution in [1.82, 2.24) is 10.3 Å². The molecule has 1 N–H and O–H groups in total. The summed E-state index contributed by atoms with van der Waals surface area (Å²) in [5.74, 6) is -1.67. The molecule has 0 aliphatic carbocycles. The molecule has 1 aromatic rings. The lowest BCUT2D eigenvalue weighted by atomic mass is 10.1.